The maximum absolute atomic E-state index is 11.9. The third-order valence-electron chi connectivity index (χ3n) is 2.58. The van der Waals surface area contributed by atoms with Gasteiger partial charge in [0, 0.05) is 23.5 Å². The first kappa shape index (κ1) is 11.3. The van der Waals surface area contributed by atoms with Crippen LogP contribution in [-0.4, -0.2) is 9.55 Å². The third kappa shape index (κ3) is 2.34. The second-order valence-corrected chi connectivity index (χ2v) is 3.78. The van der Waals surface area contributed by atoms with Gasteiger partial charge in [-0.3, -0.25) is 4.79 Å². The smallest absolute Gasteiger partial charge is 0.253 e. The molecule has 5 heteroatoms. The Morgan fingerprint density at radius 1 is 1.41 bits per heavy atom. The van der Waals surface area contributed by atoms with Crippen LogP contribution in [0, 0.1) is 6.92 Å². The van der Waals surface area contributed by atoms with Gasteiger partial charge in [0.2, 0.25) is 0 Å². The summed E-state index contributed by atoms with van der Waals surface area (Å²) in [5.74, 6) is 5.96. The van der Waals surface area contributed by atoms with Crippen LogP contribution in [0.4, 0.5) is 5.82 Å². The van der Waals surface area contributed by atoms with Crippen molar-refractivity contribution in [2.45, 2.75) is 13.5 Å². The van der Waals surface area contributed by atoms with Crippen molar-refractivity contribution in [3.05, 3.63) is 58.1 Å². The van der Waals surface area contributed by atoms with Crippen molar-refractivity contribution in [2.75, 3.05) is 5.43 Å². The molecule has 2 aromatic heterocycles. The molecule has 0 amide bonds. The topological polar surface area (TPSA) is 72.9 Å². The van der Waals surface area contributed by atoms with Gasteiger partial charge in [0.25, 0.3) is 5.56 Å². The number of nitrogen functional groups attached to an aromatic ring is 1. The molecule has 0 fully saturated rings. The zero-order valence-electron chi connectivity index (χ0n) is 9.55. The number of nitrogens with one attached hydrogen (secondary N) is 1. The summed E-state index contributed by atoms with van der Waals surface area (Å²) in [6.45, 7) is 2.25. The van der Waals surface area contributed by atoms with Crippen LogP contribution in [0.25, 0.3) is 0 Å². The van der Waals surface area contributed by atoms with Crippen LogP contribution in [-0.2, 0) is 6.54 Å². The predicted octanol–water partition coefficient (Wildman–Crippen LogP) is 0.886. The second-order valence-electron chi connectivity index (χ2n) is 3.78. The summed E-state index contributed by atoms with van der Waals surface area (Å²) in [5, 5.41) is 0. The minimum absolute atomic E-state index is 0.000625. The van der Waals surface area contributed by atoms with Crippen molar-refractivity contribution >= 4 is 5.82 Å². The number of aryl methyl sites for hydroxylation is 1. The van der Waals surface area contributed by atoms with E-state index in [1.807, 2.05) is 18.2 Å². The van der Waals surface area contributed by atoms with Gasteiger partial charge in [0.15, 0.2) is 0 Å². The largest absolute Gasteiger partial charge is 0.311 e. The lowest BCUT2D eigenvalue weighted by atomic mass is 10.2. The van der Waals surface area contributed by atoms with E-state index >= 15 is 0 Å². The molecule has 0 spiro atoms. The fourth-order valence-electron chi connectivity index (χ4n) is 1.66. The highest BCUT2D eigenvalue weighted by atomic mass is 16.1. The Labute approximate surface area is 98.9 Å². The Kier molecular flexibility index (Phi) is 3.20. The van der Waals surface area contributed by atoms with E-state index in [4.69, 9.17) is 5.84 Å². The number of nitrogens with two attached hydrogens (primary N) is 1. The van der Waals surface area contributed by atoms with Gasteiger partial charge in [-0.2, -0.15) is 0 Å². The molecule has 2 aromatic rings. The normalized spacial score (nSPS) is 10.2. The molecule has 0 bridgehead atoms. The van der Waals surface area contributed by atoms with Crippen LogP contribution >= 0.6 is 0 Å². The van der Waals surface area contributed by atoms with Crippen LogP contribution in [0.3, 0.4) is 0 Å². The maximum Gasteiger partial charge on any atom is 0.253 e. The lowest BCUT2D eigenvalue weighted by Gasteiger charge is -2.09. The molecule has 0 aliphatic heterocycles. The maximum atomic E-state index is 11.9. The van der Waals surface area contributed by atoms with Crippen LogP contribution < -0.4 is 16.8 Å². The highest BCUT2D eigenvalue weighted by molar-refractivity contribution is 5.42. The summed E-state index contributed by atoms with van der Waals surface area (Å²) in [4.78, 5) is 16.0. The Morgan fingerprint density at radius 3 is 3.00 bits per heavy atom. The fourth-order valence-corrected chi connectivity index (χ4v) is 1.66. The number of hydrogen-bond donors (Lipinski definition) is 2. The molecule has 0 aromatic carbocycles. The van der Waals surface area contributed by atoms with E-state index in [1.54, 1.807) is 30.0 Å². The van der Waals surface area contributed by atoms with Gasteiger partial charge in [-0.05, 0) is 19.1 Å². The quantitative estimate of drug-likeness (QED) is 0.606. The van der Waals surface area contributed by atoms with Gasteiger partial charge in [0.05, 0.1) is 6.54 Å². The van der Waals surface area contributed by atoms with E-state index in [-0.39, 0.29) is 5.56 Å². The first-order valence-corrected chi connectivity index (χ1v) is 5.29. The lowest BCUT2D eigenvalue weighted by Crippen LogP contribution is -2.22. The molecule has 3 N–H and O–H groups in total. The number of aromatic nitrogens is 2. The van der Waals surface area contributed by atoms with Crippen LogP contribution in [0.2, 0.25) is 0 Å². The Balaban J connectivity index is 2.38. The van der Waals surface area contributed by atoms with Gasteiger partial charge < -0.3 is 9.99 Å². The molecule has 0 saturated carbocycles. The van der Waals surface area contributed by atoms with Crippen molar-refractivity contribution < 1.29 is 0 Å². The predicted molar refractivity (Wildman–Crippen MR) is 66.6 cm³/mol. The summed E-state index contributed by atoms with van der Waals surface area (Å²) in [7, 11) is 0. The first-order valence-electron chi connectivity index (χ1n) is 5.29. The average molecular weight is 230 g/mol. The molecule has 0 aliphatic carbocycles. The Hall–Kier alpha value is -2.14. The second kappa shape index (κ2) is 4.80. The summed E-state index contributed by atoms with van der Waals surface area (Å²) < 4.78 is 1.63. The zero-order valence-corrected chi connectivity index (χ0v) is 9.55. The van der Waals surface area contributed by atoms with Gasteiger partial charge in [0.1, 0.15) is 5.82 Å². The number of pyridine rings is 2. The highest BCUT2D eigenvalue weighted by Crippen LogP contribution is 2.10. The molecule has 0 saturated heterocycles. The molecule has 5 nitrogen and oxygen atoms in total. The monoisotopic (exact) mass is 230 g/mol. The first-order chi connectivity index (χ1) is 8.22. The van der Waals surface area contributed by atoms with Crippen LogP contribution in [0.1, 0.15) is 11.1 Å². The Bertz CT molecular complexity index is 577. The van der Waals surface area contributed by atoms with Crippen molar-refractivity contribution in [3.8, 4) is 0 Å². The fraction of sp³-hybridized carbons (Fsp3) is 0.167. The van der Waals surface area contributed by atoms with E-state index in [2.05, 4.69) is 10.4 Å². The summed E-state index contributed by atoms with van der Waals surface area (Å²) in [5.41, 5.74) is 4.12. The molecule has 0 radical (unpaired) electrons. The van der Waals surface area contributed by atoms with Crippen LogP contribution in [0.15, 0.2) is 41.5 Å². The molecule has 2 rings (SSSR count). The average Bonchev–Trinajstić information content (AvgIpc) is 2.35. The minimum Gasteiger partial charge on any atom is -0.311 e. The van der Waals surface area contributed by atoms with Crippen LogP contribution in [0.5, 0.6) is 0 Å². The minimum atomic E-state index is -0.000625. The molecular formula is C12H14N4O. The SMILES string of the molecule is Cc1cccn(Cc2cccnc2NN)c1=O. The molecule has 0 unspecified atom stereocenters. The molecular weight excluding hydrogens is 216 g/mol. The van der Waals surface area contributed by atoms with Gasteiger partial charge >= 0.3 is 0 Å². The Morgan fingerprint density at radius 2 is 2.24 bits per heavy atom. The summed E-state index contributed by atoms with van der Waals surface area (Å²) >= 11 is 0. The number of anilines is 1. The molecule has 17 heavy (non-hydrogen) atoms. The van der Waals surface area contributed by atoms with Crippen molar-refractivity contribution in [1.82, 2.24) is 9.55 Å². The number of hydrazine groups is 1. The van der Waals surface area contributed by atoms with Crippen molar-refractivity contribution in [1.29, 1.82) is 0 Å². The van der Waals surface area contributed by atoms with Crippen molar-refractivity contribution in [3.63, 3.8) is 0 Å². The number of hydrogen-bond acceptors (Lipinski definition) is 4. The molecule has 88 valence electrons. The van der Waals surface area contributed by atoms with E-state index in [0.29, 0.717) is 12.4 Å². The van der Waals surface area contributed by atoms with Gasteiger partial charge in [-0.25, -0.2) is 10.8 Å². The molecule has 0 atom stereocenters. The van der Waals surface area contributed by atoms with Gasteiger partial charge in [-0.1, -0.05) is 12.1 Å². The third-order valence-corrected chi connectivity index (χ3v) is 2.58. The van der Waals surface area contributed by atoms with Crippen molar-refractivity contribution in [2.24, 2.45) is 5.84 Å². The number of nitrogens with zero attached hydrogens (tertiary/aromatic N) is 2. The van der Waals surface area contributed by atoms with E-state index in [0.717, 1.165) is 11.1 Å². The van der Waals surface area contributed by atoms with E-state index in [1.165, 1.54) is 0 Å². The lowest BCUT2D eigenvalue weighted by molar-refractivity contribution is 0.750. The standard InChI is InChI=1S/C12H14N4O/c1-9-4-3-7-16(12(9)17)8-10-5-2-6-14-11(10)15-13/h2-7H,8,13H2,1H3,(H,14,15). The summed E-state index contributed by atoms with van der Waals surface area (Å²) in [6.07, 6.45) is 3.40. The highest BCUT2D eigenvalue weighted by Gasteiger charge is 2.04. The van der Waals surface area contributed by atoms with E-state index in [9.17, 15) is 4.79 Å². The summed E-state index contributed by atoms with van der Waals surface area (Å²) in [6, 6.07) is 7.35. The number of rotatable bonds is 3. The molecule has 2 heterocycles. The zero-order chi connectivity index (χ0) is 12.3. The van der Waals surface area contributed by atoms with E-state index < -0.39 is 0 Å². The molecule has 0 aliphatic rings. The van der Waals surface area contributed by atoms with Gasteiger partial charge in [-0.15, -0.1) is 0 Å².